The van der Waals surface area contributed by atoms with Crippen LogP contribution >= 0.6 is 0 Å². The highest BCUT2D eigenvalue weighted by atomic mass is 19.1. The van der Waals surface area contributed by atoms with E-state index in [1.165, 1.54) is 4.90 Å². The second-order valence-corrected chi connectivity index (χ2v) is 4.02. The Labute approximate surface area is 98.0 Å². The lowest BCUT2D eigenvalue weighted by atomic mass is 10.2. The Morgan fingerprint density at radius 1 is 1.47 bits per heavy atom. The van der Waals surface area contributed by atoms with Crippen LogP contribution in [-0.2, 0) is 4.74 Å². The number of ether oxygens (including phenoxy) is 1. The summed E-state index contributed by atoms with van der Waals surface area (Å²) < 4.78 is 31.5. The molecule has 1 aromatic carbocycles. The predicted molar refractivity (Wildman–Crippen MR) is 57.7 cm³/mol. The van der Waals surface area contributed by atoms with Gasteiger partial charge >= 0.3 is 0 Å². The molecule has 0 aliphatic carbocycles. The van der Waals surface area contributed by atoms with Gasteiger partial charge in [0.1, 0.15) is 11.6 Å². The van der Waals surface area contributed by atoms with Crippen LogP contribution < -0.4 is 0 Å². The van der Waals surface area contributed by atoms with Crippen LogP contribution in [0.15, 0.2) is 18.2 Å². The first-order valence-electron chi connectivity index (χ1n) is 5.39. The van der Waals surface area contributed by atoms with Gasteiger partial charge in [-0.2, -0.15) is 0 Å². The third-order valence-electron chi connectivity index (χ3n) is 2.92. The first-order valence-corrected chi connectivity index (χ1v) is 5.39. The van der Waals surface area contributed by atoms with Gasteiger partial charge in [0.15, 0.2) is 0 Å². The molecule has 1 aromatic rings. The van der Waals surface area contributed by atoms with E-state index in [1.54, 1.807) is 7.11 Å². The fourth-order valence-corrected chi connectivity index (χ4v) is 1.94. The minimum absolute atomic E-state index is 0.0180. The van der Waals surface area contributed by atoms with Gasteiger partial charge < -0.3 is 9.64 Å². The maximum atomic E-state index is 13.4. The van der Waals surface area contributed by atoms with Gasteiger partial charge in [-0.3, -0.25) is 4.79 Å². The molecule has 1 aliphatic rings. The lowest BCUT2D eigenvalue weighted by Crippen LogP contribution is -2.30. The molecule has 0 saturated carbocycles. The lowest BCUT2D eigenvalue weighted by molar-refractivity contribution is 0.0719. The molecule has 1 heterocycles. The molecule has 0 spiro atoms. The van der Waals surface area contributed by atoms with Crippen molar-refractivity contribution in [3.05, 3.63) is 35.4 Å². The average Bonchev–Trinajstić information content (AvgIpc) is 2.80. The quantitative estimate of drug-likeness (QED) is 0.790. The first kappa shape index (κ1) is 12.0. The maximum Gasteiger partial charge on any atom is 0.257 e. The third-order valence-corrected chi connectivity index (χ3v) is 2.92. The van der Waals surface area contributed by atoms with E-state index in [9.17, 15) is 13.6 Å². The monoisotopic (exact) mass is 241 g/mol. The summed E-state index contributed by atoms with van der Waals surface area (Å²) in [4.78, 5) is 13.4. The van der Waals surface area contributed by atoms with Crippen LogP contribution in [0.1, 0.15) is 16.8 Å². The Morgan fingerprint density at radius 2 is 2.24 bits per heavy atom. The van der Waals surface area contributed by atoms with Crippen molar-refractivity contribution < 1.29 is 18.3 Å². The zero-order chi connectivity index (χ0) is 12.4. The summed E-state index contributed by atoms with van der Waals surface area (Å²) in [7, 11) is 1.57. The summed E-state index contributed by atoms with van der Waals surface area (Å²) >= 11 is 0. The molecule has 1 atom stereocenters. The highest BCUT2D eigenvalue weighted by Gasteiger charge is 2.28. The van der Waals surface area contributed by atoms with Crippen molar-refractivity contribution in [3.63, 3.8) is 0 Å². The molecule has 0 aromatic heterocycles. The van der Waals surface area contributed by atoms with Gasteiger partial charge in [-0.25, -0.2) is 8.78 Å². The van der Waals surface area contributed by atoms with Crippen LogP contribution in [0.4, 0.5) is 8.78 Å². The van der Waals surface area contributed by atoms with E-state index in [2.05, 4.69) is 0 Å². The number of halogens is 2. The van der Waals surface area contributed by atoms with Crippen molar-refractivity contribution in [2.24, 2.45) is 0 Å². The lowest BCUT2D eigenvalue weighted by Gasteiger charge is -2.16. The van der Waals surface area contributed by atoms with Crippen LogP contribution in [0, 0.1) is 11.6 Å². The second kappa shape index (κ2) is 4.79. The van der Waals surface area contributed by atoms with Gasteiger partial charge in [0.25, 0.3) is 5.91 Å². The van der Waals surface area contributed by atoms with Crippen molar-refractivity contribution in [1.29, 1.82) is 0 Å². The number of carbonyl (C=O) groups is 1. The highest BCUT2D eigenvalue weighted by Crippen LogP contribution is 2.18. The van der Waals surface area contributed by atoms with Crippen molar-refractivity contribution in [2.45, 2.75) is 12.5 Å². The highest BCUT2D eigenvalue weighted by molar-refractivity contribution is 5.94. The number of rotatable bonds is 2. The summed E-state index contributed by atoms with van der Waals surface area (Å²) in [5.74, 6) is -1.80. The van der Waals surface area contributed by atoms with E-state index in [-0.39, 0.29) is 11.7 Å². The molecule has 3 nitrogen and oxygen atoms in total. The fourth-order valence-electron chi connectivity index (χ4n) is 1.94. The maximum absolute atomic E-state index is 13.4. The third kappa shape index (κ3) is 2.44. The molecule has 1 aliphatic heterocycles. The van der Waals surface area contributed by atoms with E-state index < -0.39 is 17.5 Å². The minimum Gasteiger partial charge on any atom is -0.380 e. The molecular formula is C12H13F2NO2. The molecule has 1 fully saturated rings. The standard InChI is InChI=1S/C12H13F2NO2/c1-17-9-4-5-15(7-9)12(16)10-6-8(13)2-3-11(10)14/h2-3,6,9H,4-5,7H2,1H3. The molecule has 0 radical (unpaired) electrons. The number of methoxy groups -OCH3 is 1. The van der Waals surface area contributed by atoms with Crippen molar-refractivity contribution in [1.82, 2.24) is 4.90 Å². The molecule has 17 heavy (non-hydrogen) atoms. The van der Waals surface area contributed by atoms with E-state index in [0.29, 0.717) is 13.1 Å². The fraction of sp³-hybridized carbons (Fsp3) is 0.417. The van der Waals surface area contributed by atoms with Crippen LogP contribution in [0.5, 0.6) is 0 Å². The van der Waals surface area contributed by atoms with Gasteiger partial charge in [-0.15, -0.1) is 0 Å². The Morgan fingerprint density at radius 3 is 2.88 bits per heavy atom. The second-order valence-electron chi connectivity index (χ2n) is 4.02. The van der Waals surface area contributed by atoms with Crippen LogP contribution in [0.3, 0.4) is 0 Å². The van der Waals surface area contributed by atoms with Crippen LogP contribution in [0.25, 0.3) is 0 Å². The summed E-state index contributed by atoms with van der Waals surface area (Å²) in [5, 5.41) is 0. The normalized spacial score (nSPS) is 19.7. The van der Waals surface area contributed by atoms with E-state index in [4.69, 9.17) is 4.74 Å². The van der Waals surface area contributed by atoms with Crippen LogP contribution in [0.2, 0.25) is 0 Å². The van der Waals surface area contributed by atoms with Crippen molar-refractivity contribution >= 4 is 5.91 Å². The average molecular weight is 241 g/mol. The smallest absolute Gasteiger partial charge is 0.257 e. The summed E-state index contributed by atoms with van der Waals surface area (Å²) in [5.41, 5.74) is -0.221. The molecule has 92 valence electrons. The number of hydrogen-bond acceptors (Lipinski definition) is 2. The number of hydrogen-bond donors (Lipinski definition) is 0. The van der Waals surface area contributed by atoms with Gasteiger partial charge in [0.05, 0.1) is 11.7 Å². The summed E-state index contributed by atoms with van der Waals surface area (Å²) in [6.07, 6.45) is 0.703. The number of carbonyl (C=O) groups excluding carboxylic acids is 1. The molecule has 1 unspecified atom stereocenters. The van der Waals surface area contributed by atoms with Crippen molar-refractivity contribution in [3.8, 4) is 0 Å². The SMILES string of the molecule is COC1CCN(C(=O)c2cc(F)ccc2F)C1. The van der Waals surface area contributed by atoms with Gasteiger partial charge in [-0.1, -0.05) is 0 Å². The number of likely N-dealkylation sites (tertiary alicyclic amines) is 1. The Kier molecular flexibility index (Phi) is 3.38. The zero-order valence-corrected chi connectivity index (χ0v) is 9.45. The summed E-state index contributed by atoms with van der Waals surface area (Å²) in [6.45, 7) is 0.929. The molecule has 0 bridgehead atoms. The predicted octanol–water partition coefficient (Wildman–Crippen LogP) is 1.83. The number of amides is 1. The molecule has 5 heteroatoms. The zero-order valence-electron chi connectivity index (χ0n) is 9.45. The molecule has 1 saturated heterocycles. The van der Waals surface area contributed by atoms with E-state index in [0.717, 1.165) is 24.6 Å². The Hall–Kier alpha value is -1.49. The number of nitrogens with zero attached hydrogens (tertiary/aromatic N) is 1. The van der Waals surface area contributed by atoms with Gasteiger partial charge in [0.2, 0.25) is 0 Å². The summed E-state index contributed by atoms with van der Waals surface area (Å²) in [6, 6.07) is 2.89. The van der Waals surface area contributed by atoms with Crippen molar-refractivity contribution in [2.75, 3.05) is 20.2 Å². The van der Waals surface area contributed by atoms with E-state index >= 15 is 0 Å². The minimum atomic E-state index is -0.697. The van der Waals surface area contributed by atoms with Crippen LogP contribution in [-0.4, -0.2) is 37.1 Å². The molecule has 1 amide bonds. The van der Waals surface area contributed by atoms with Gasteiger partial charge in [-0.05, 0) is 24.6 Å². The topological polar surface area (TPSA) is 29.5 Å². The molecule has 0 N–H and O–H groups in total. The molecular weight excluding hydrogens is 228 g/mol. The van der Waals surface area contributed by atoms with Gasteiger partial charge in [0, 0.05) is 20.2 Å². The number of benzene rings is 1. The Balaban J connectivity index is 2.17. The molecule has 2 rings (SSSR count). The Bertz CT molecular complexity index is 437. The van der Waals surface area contributed by atoms with E-state index in [1.807, 2.05) is 0 Å². The first-order chi connectivity index (χ1) is 8.11. The largest absolute Gasteiger partial charge is 0.380 e.